The number of hydrogen-bond donors (Lipinski definition) is 2. The molecule has 1 aliphatic heterocycles. The molecule has 0 aromatic heterocycles. The molecule has 3 aliphatic carbocycles. The molecule has 1 heterocycles. The summed E-state index contributed by atoms with van der Waals surface area (Å²) in [5.41, 5.74) is 0.870. The van der Waals surface area contributed by atoms with Crippen LogP contribution in [0.5, 0.6) is 0 Å². The Morgan fingerprint density at radius 2 is 1.80 bits per heavy atom. The third-order valence-electron chi connectivity index (χ3n) is 9.41. The van der Waals surface area contributed by atoms with Gasteiger partial charge in [-0.1, -0.05) is 46.3 Å². The molecule has 0 saturated heterocycles. The molecule has 5 heteroatoms. The van der Waals surface area contributed by atoms with Gasteiger partial charge < -0.3 is 14.9 Å². The number of carboxylic acid groups (broad SMARTS) is 1. The Kier molecular flexibility index (Phi) is 5.20. The van der Waals surface area contributed by atoms with E-state index in [1.54, 1.807) is 6.08 Å². The molecular formula is C25H36O5. The van der Waals surface area contributed by atoms with Gasteiger partial charge in [-0.15, -0.1) is 0 Å². The van der Waals surface area contributed by atoms with Crippen molar-refractivity contribution in [3.8, 4) is 0 Å². The fourth-order valence-corrected chi connectivity index (χ4v) is 8.13. The van der Waals surface area contributed by atoms with Crippen LogP contribution in [0.2, 0.25) is 0 Å². The van der Waals surface area contributed by atoms with E-state index in [2.05, 4.69) is 27.7 Å². The van der Waals surface area contributed by atoms with Gasteiger partial charge in [-0.3, -0.25) is 4.79 Å². The van der Waals surface area contributed by atoms with E-state index in [0.29, 0.717) is 29.2 Å². The second-order valence-electron chi connectivity index (χ2n) is 11.3. The number of rotatable bonds is 3. The highest BCUT2D eigenvalue weighted by atomic mass is 16.6. The van der Waals surface area contributed by atoms with Crippen LogP contribution in [0.3, 0.4) is 0 Å². The average molecular weight is 417 g/mol. The van der Waals surface area contributed by atoms with E-state index in [0.717, 1.165) is 19.3 Å². The van der Waals surface area contributed by atoms with Crippen LogP contribution in [-0.2, 0) is 14.3 Å². The normalized spacial score (nSPS) is 45.4. The minimum Gasteiger partial charge on any atom is -0.481 e. The van der Waals surface area contributed by atoms with Crippen molar-refractivity contribution in [3.05, 3.63) is 23.8 Å². The molecule has 7 atom stereocenters. The van der Waals surface area contributed by atoms with E-state index < -0.39 is 24.1 Å². The number of aliphatic carboxylic acids is 1. The Bertz CT molecular complexity index is 795. The zero-order valence-electron chi connectivity index (χ0n) is 18.7. The Morgan fingerprint density at radius 3 is 2.43 bits per heavy atom. The molecule has 30 heavy (non-hydrogen) atoms. The van der Waals surface area contributed by atoms with Crippen LogP contribution in [0, 0.1) is 39.9 Å². The average Bonchev–Trinajstić information content (AvgIpc) is 2.95. The molecule has 4 aliphatic rings. The van der Waals surface area contributed by atoms with Crippen LogP contribution in [0.4, 0.5) is 0 Å². The number of cyclic esters (lactones) is 1. The van der Waals surface area contributed by atoms with Crippen LogP contribution in [0.1, 0.15) is 72.6 Å². The molecule has 0 aromatic rings. The molecule has 3 saturated carbocycles. The summed E-state index contributed by atoms with van der Waals surface area (Å²) in [7, 11) is 0. The molecule has 2 N–H and O–H groups in total. The summed E-state index contributed by atoms with van der Waals surface area (Å²) in [6.07, 6.45) is 11.3. The van der Waals surface area contributed by atoms with E-state index in [1.807, 2.05) is 6.08 Å². The SMILES string of the molecule is CC1(C)CCC[C@@]2(C)C1CC[C@]1(C)C2CC[C@H](C(=O)O)[C@H]1/C=C/C1=CC(=O)OC1O. The number of allylic oxidation sites excluding steroid dienone is 1. The predicted octanol–water partition coefficient (Wildman–Crippen LogP) is 4.70. The molecule has 4 rings (SSSR count). The summed E-state index contributed by atoms with van der Waals surface area (Å²) >= 11 is 0. The van der Waals surface area contributed by atoms with E-state index in [4.69, 9.17) is 4.74 Å². The molecule has 5 nitrogen and oxygen atoms in total. The van der Waals surface area contributed by atoms with Crippen molar-refractivity contribution < 1.29 is 24.5 Å². The van der Waals surface area contributed by atoms with Crippen molar-refractivity contribution in [3.63, 3.8) is 0 Å². The second-order valence-corrected chi connectivity index (χ2v) is 11.3. The Hall–Kier alpha value is -1.62. The minimum atomic E-state index is -1.25. The molecule has 3 fully saturated rings. The van der Waals surface area contributed by atoms with Gasteiger partial charge in [0.2, 0.25) is 6.29 Å². The van der Waals surface area contributed by atoms with Gasteiger partial charge in [0, 0.05) is 11.6 Å². The predicted molar refractivity (Wildman–Crippen MR) is 113 cm³/mol. The second kappa shape index (κ2) is 7.22. The van der Waals surface area contributed by atoms with Crippen molar-refractivity contribution in [2.75, 3.05) is 0 Å². The van der Waals surface area contributed by atoms with Gasteiger partial charge in [0.1, 0.15) is 0 Å². The molecule has 0 aromatic carbocycles. The standard InChI is InChI=1S/C25H36O5/c1-23(2)11-5-12-25(4)18(23)10-13-24(3)17(16(21(27)28)7-9-19(24)25)8-6-15-14-20(26)30-22(15)29/h6,8,14,16-19,22,29H,5,7,9-13H2,1-4H3,(H,27,28)/b8-6+/t16-,17+,18?,19?,22?,24-,25-/m0/s1. The van der Waals surface area contributed by atoms with Crippen LogP contribution in [-0.4, -0.2) is 28.4 Å². The number of aliphatic hydroxyl groups excluding tert-OH is 1. The lowest BCUT2D eigenvalue weighted by molar-refractivity contribution is -0.177. The van der Waals surface area contributed by atoms with E-state index >= 15 is 0 Å². The molecule has 3 unspecified atom stereocenters. The summed E-state index contributed by atoms with van der Waals surface area (Å²) in [5, 5.41) is 19.9. The van der Waals surface area contributed by atoms with Gasteiger partial charge in [-0.2, -0.15) is 0 Å². The lowest BCUT2D eigenvalue weighted by Gasteiger charge is -2.66. The topological polar surface area (TPSA) is 83.8 Å². The summed E-state index contributed by atoms with van der Waals surface area (Å²) in [4.78, 5) is 23.6. The van der Waals surface area contributed by atoms with Gasteiger partial charge in [-0.25, -0.2) is 4.79 Å². The highest BCUT2D eigenvalue weighted by Gasteiger charge is 2.62. The van der Waals surface area contributed by atoms with Crippen LogP contribution >= 0.6 is 0 Å². The van der Waals surface area contributed by atoms with Gasteiger partial charge >= 0.3 is 11.9 Å². The molecule has 166 valence electrons. The van der Waals surface area contributed by atoms with Gasteiger partial charge in [-0.05, 0) is 72.5 Å². The van der Waals surface area contributed by atoms with Gasteiger partial charge in [0.05, 0.1) is 5.92 Å². The molecule has 0 bridgehead atoms. The molecular weight excluding hydrogens is 380 g/mol. The van der Waals surface area contributed by atoms with E-state index in [9.17, 15) is 19.8 Å². The number of carbonyl (C=O) groups is 2. The number of carbonyl (C=O) groups excluding carboxylic acids is 1. The number of esters is 1. The number of fused-ring (bicyclic) bond motifs is 3. The summed E-state index contributed by atoms with van der Waals surface area (Å²) < 4.78 is 4.79. The smallest absolute Gasteiger partial charge is 0.333 e. The zero-order chi connectivity index (χ0) is 21.9. The Morgan fingerprint density at radius 1 is 1.07 bits per heavy atom. The quantitative estimate of drug-likeness (QED) is 0.651. The lowest BCUT2D eigenvalue weighted by atomic mass is 9.38. The maximum absolute atomic E-state index is 12.2. The molecule has 0 spiro atoms. The molecule has 0 radical (unpaired) electrons. The largest absolute Gasteiger partial charge is 0.481 e. The van der Waals surface area contributed by atoms with Crippen LogP contribution in [0.15, 0.2) is 23.8 Å². The fourth-order valence-electron chi connectivity index (χ4n) is 8.13. The minimum absolute atomic E-state index is 0.106. The van der Waals surface area contributed by atoms with E-state index in [-0.39, 0.29) is 16.7 Å². The highest BCUT2D eigenvalue weighted by molar-refractivity contribution is 5.86. The number of carboxylic acids is 1. The first-order valence-corrected chi connectivity index (χ1v) is 11.5. The van der Waals surface area contributed by atoms with Gasteiger partial charge in [0.25, 0.3) is 0 Å². The van der Waals surface area contributed by atoms with Crippen LogP contribution in [0.25, 0.3) is 0 Å². The first-order chi connectivity index (χ1) is 14.0. The maximum atomic E-state index is 12.2. The molecule has 0 amide bonds. The summed E-state index contributed by atoms with van der Waals surface area (Å²) in [6.45, 7) is 9.61. The third kappa shape index (κ3) is 3.24. The van der Waals surface area contributed by atoms with Crippen molar-refractivity contribution >= 4 is 11.9 Å². The first-order valence-electron chi connectivity index (χ1n) is 11.5. The lowest BCUT2D eigenvalue weighted by Crippen LogP contribution is -2.59. The Labute approximate surface area is 179 Å². The first kappa shape index (κ1) is 21.6. The Balaban J connectivity index is 1.70. The zero-order valence-corrected chi connectivity index (χ0v) is 18.7. The summed E-state index contributed by atoms with van der Waals surface area (Å²) in [6, 6.07) is 0. The monoisotopic (exact) mass is 416 g/mol. The third-order valence-corrected chi connectivity index (χ3v) is 9.41. The van der Waals surface area contributed by atoms with Crippen molar-refractivity contribution in [2.24, 2.45) is 39.9 Å². The van der Waals surface area contributed by atoms with E-state index in [1.165, 1.54) is 25.3 Å². The number of aliphatic hydroxyl groups is 1. The van der Waals surface area contributed by atoms with Crippen molar-refractivity contribution in [2.45, 2.75) is 78.9 Å². The maximum Gasteiger partial charge on any atom is 0.333 e. The van der Waals surface area contributed by atoms with Gasteiger partial charge in [0.15, 0.2) is 0 Å². The number of ether oxygens (including phenoxy) is 1. The van der Waals surface area contributed by atoms with Crippen LogP contribution < -0.4 is 0 Å². The highest BCUT2D eigenvalue weighted by Crippen LogP contribution is 2.69. The fraction of sp³-hybridized carbons (Fsp3) is 0.760. The van der Waals surface area contributed by atoms with Crippen molar-refractivity contribution in [1.29, 1.82) is 0 Å². The van der Waals surface area contributed by atoms with Crippen molar-refractivity contribution in [1.82, 2.24) is 0 Å². The number of hydrogen-bond acceptors (Lipinski definition) is 4. The summed E-state index contributed by atoms with van der Waals surface area (Å²) in [5.74, 6) is -0.700.